The Morgan fingerprint density at radius 2 is 2.08 bits per heavy atom. The molecule has 26 heavy (non-hydrogen) atoms. The van der Waals surface area contributed by atoms with Crippen LogP contribution in [0.25, 0.3) is 0 Å². The fourth-order valence-corrected chi connectivity index (χ4v) is 7.03. The number of amides is 1. The van der Waals surface area contributed by atoms with Crippen molar-refractivity contribution in [1.82, 2.24) is 5.32 Å². The maximum absolute atomic E-state index is 12.2. The molecule has 0 saturated carbocycles. The van der Waals surface area contributed by atoms with Gasteiger partial charge in [-0.15, -0.1) is 0 Å². The molecule has 3 atom stereocenters. The van der Waals surface area contributed by atoms with E-state index in [0.717, 1.165) is 30.3 Å². The second-order valence-corrected chi connectivity index (χ2v) is 10.2. The standard InChI is InChI=1S/C17H21N3O4S2/c21-16(18-8-13-2-1-7-24-13)11-3-5-12(6-4-11)19-17-20-14-9-26(22,23)10-15(14)25-17/h3-6,13-15H,1-2,7-10H2,(H,18,21)(H,19,20)/t13-,14-,15-/m0/s1. The highest BCUT2D eigenvalue weighted by Crippen LogP contribution is 2.34. The summed E-state index contributed by atoms with van der Waals surface area (Å²) in [5.74, 6) is 0.222. The molecule has 9 heteroatoms. The van der Waals surface area contributed by atoms with Crippen LogP contribution in [0.1, 0.15) is 23.2 Å². The van der Waals surface area contributed by atoms with E-state index in [1.165, 1.54) is 11.8 Å². The summed E-state index contributed by atoms with van der Waals surface area (Å²) < 4.78 is 28.7. The van der Waals surface area contributed by atoms with E-state index in [4.69, 9.17) is 4.74 Å². The Bertz CT molecular complexity index is 817. The van der Waals surface area contributed by atoms with Crippen molar-refractivity contribution in [2.75, 3.05) is 30.0 Å². The minimum absolute atomic E-state index is 0.0188. The Hall–Kier alpha value is -1.58. The number of fused-ring (bicyclic) bond motifs is 1. The van der Waals surface area contributed by atoms with Crippen LogP contribution in [0.5, 0.6) is 0 Å². The van der Waals surface area contributed by atoms with Gasteiger partial charge in [0.2, 0.25) is 0 Å². The SMILES string of the molecule is O=C(NC[C@@H]1CCCO1)c1ccc(NC2=N[C@H]3CS(=O)(=O)C[C@@H]3S2)cc1. The molecule has 7 nitrogen and oxygen atoms in total. The quantitative estimate of drug-likeness (QED) is 0.797. The first kappa shape index (κ1) is 17.8. The van der Waals surface area contributed by atoms with E-state index in [1.807, 2.05) is 12.1 Å². The number of aliphatic imine (C=N–C) groups is 1. The van der Waals surface area contributed by atoms with Crippen LogP contribution in [0, 0.1) is 0 Å². The van der Waals surface area contributed by atoms with Crippen molar-refractivity contribution in [2.24, 2.45) is 4.99 Å². The topological polar surface area (TPSA) is 96.9 Å². The number of ether oxygens (including phenoxy) is 1. The lowest BCUT2D eigenvalue weighted by molar-refractivity contribution is 0.0858. The van der Waals surface area contributed by atoms with Crippen LogP contribution in [0.2, 0.25) is 0 Å². The van der Waals surface area contributed by atoms with Gasteiger partial charge in [0.15, 0.2) is 15.0 Å². The number of rotatable bonds is 4. The molecule has 0 spiro atoms. The monoisotopic (exact) mass is 395 g/mol. The molecule has 3 aliphatic rings. The lowest BCUT2D eigenvalue weighted by Crippen LogP contribution is -2.31. The van der Waals surface area contributed by atoms with Crippen molar-refractivity contribution in [3.05, 3.63) is 29.8 Å². The second-order valence-electron chi connectivity index (χ2n) is 6.78. The molecule has 2 fully saturated rings. The fourth-order valence-electron chi connectivity index (χ4n) is 3.36. The predicted octanol–water partition coefficient (Wildman–Crippen LogP) is 1.28. The van der Waals surface area contributed by atoms with Gasteiger partial charge in [-0.2, -0.15) is 0 Å². The van der Waals surface area contributed by atoms with Crippen LogP contribution in [0.3, 0.4) is 0 Å². The van der Waals surface area contributed by atoms with Gasteiger partial charge in [0.25, 0.3) is 5.91 Å². The lowest BCUT2D eigenvalue weighted by atomic mass is 10.2. The number of hydrogen-bond acceptors (Lipinski definition) is 7. The summed E-state index contributed by atoms with van der Waals surface area (Å²) in [7, 11) is -2.94. The van der Waals surface area contributed by atoms with Gasteiger partial charge < -0.3 is 15.4 Å². The van der Waals surface area contributed by atoms with E-state index in [2.05, 4.69) is 15.6 Å². The van der Waals surface area contributed by atoms with Crippen molar-refractivity contribution in [1.29, 1.82) is 0 Å². The number of carbonyl (C=O) groups excluding carboxylic acids is 1. The van der Waals surface area contributed by atoms with Crippen LogP contribution in [0.4, 0.5) is 5.69 Å². The molecule has 0 unspecified atom stereocenters. The first-order valence-electron chi connectivity index (χ1n) is 8.70. The number of nitrogens with zero attached hydrogens (tertiary/aromatic N) is 1. The number of sulfone groups is 1. The molecule has 0 aromatic heterocycles. The van der Waals surface area contributed by atoms with Crippen molar-refractivity contribution in [3.63, 3.8) is 0 Å². The Kier molecular flexibility index (Phi) is 4.94. The van der Waals surface area contributed by atoms with E-state index < -0.39 is 9.84 Å². The second kappa shape index (κ2) is 7.21. The summed E-state index contributed by atoms with van der Waals surface area (Å²) in [6.07, 6.45) is 2.17. The number of amidine groups is 1. The number of hydrogen-bond donors (Lipinski definition) is 2. The first-order valence-corrected chi connectivity index (χ1v) is 11.4. The van der Waals surface area contributed by atoms with Gasteiger partial charge in [-0.05, 0) is 37.1 Å². The highest BCUT2D eigenvalue weighted by molar-refractivity contribution is 8.15. The van der Waals surface area contributed by atoms with Gasteiger partial charge in [0, 0.05) is 29.7 Å². The van der Waals surface area contributed by atoms with Crippen molar-refractivity contribution >= 4 is 38.4 Å². The fraction of sp³-hybridized carbons (Fsp3) is 0.529. The summed E-state index contributed by atoms with van der Waals surface area (Å²) in [5.41, 5.74) is 1.42. The number of benzene rings is 1. The summed E-state index contributed by atoms with van der Waals surface area (Å²) in [5, 5.41) is 6.87. The third-order valence-corrected chi connectivity index (χ3v) is 7.87. The zero-order valence-electron chi connectivity index (χ0n) is 14.2. The van der Waals surface area contributed by atoms with Crippen LogP contribution < -0.4 is 10.6 Å². The normalized spacial score (nSPS) is 29.2. The number of carbonyl (C=O) groups is 1. The molecule has 0 aliphatic carbocycles. The van der Waals surface area contributed by atoms with Gasteiger partial charge in [-0.25, -0.2) is 8.42 Å². The maximum Gasteiger partial charge on any atom is 0.251 e. The Morgan fingerprint density at radius 1 is 1.27 bits per heavy atom. The van der Waals surface area contributed by atoms with E-state index >= 15 is 0 Å². The highest BCUT2D eigenvalue weighted by Gasteiger charge is 2.42. The van der Waals surface area contributed by atoms with Gasteiger partial charge in [-0.1, -0.05) is 11.8 Å². The summed E-state index contributed by atoms with van der Waals surface area (Å²) in [4.78, 5) is 16.6. The third-order valence-electron chi connectivity index (χ3n) is 4.73. The van der Waals surface area contributed by atoms with Crippen LogP contribution in [0.15, 0.2) is 29.3 Å². The predicted molar refractivity (Wildman–Crippen MR) is 103 cm³/mol. The summed E-state index contributed by atoms with van der Waals surface area (Å²) >= 11 is 1.48. The van der Waals surface area contributed by atoms with E-state index in [9.17, 15) is 13.2 Å². The molecule has 2 N–H and O–H groups in total. The number of nitrogens with one attached hydrogen (secondary N) is 2. The molecule has 1 amide bonds. The van der Waals surface area contributed by atoms with Gasteiger partial charge in [0.05, 0.1) is 23.7 Å². The van der Waals surface area contributed by atoms with Crippen molar-refractivity contribution < 1.29 is 17.9 Å². The largest absolute Gasteiger partial charge is 0.376 e. The molecule has 4 rings (SSSR count). The Balaban J connectivity index is 1.31. The lowest BCUT2D eigenvalue weighted by Gasteiger charge is -2.11. The van der Waals surface area contributed by atoms with Gasteiger partial charge in [-0.3, -0.25) is 9.79 Å². The zero-order valence-corrected chi connectivity index (χ0v) is 15.8. The molecule has 1 aromatic carbocycles. The number of thioether (sulfide) groups is 1. The van der Waals surface area contributed by atoms with Crippen LogP contribution in [-0.2, 0) is 14.6 Å². The molecule has 0 radical (unpaired) electrons. The Labute approximate surface area is 156 Å². The summed E-state index contributed by atoms with van der Waals surface area (Å²) in [6, 6.07) is 7.04. The first-order chi connectivity index (χ1) is 12.5. The molecule has 140 valence electrons. The van der Waals surface area contributed by atoms with E-state index in [1.54, 1.807) is 12.1 Å². The average Bonchev–Trinajstić information content (AvgIpc) is 3.28. The third kappa shape index (κ3) is 4.05. The molecule has 3 aliphatic heterocycles. The van der Waals surface area contributed by atoms with Gasteiger partial charge >= 0.3 is 0 Å². The minimum Gasteiger partial charge on any atom is -0.376 e. The number of anilines is 1. The highest BCUT2D eigenvalue weighted by atomic mass is 32.2. The molecule has 1 aromatic rings. The van der Waals surface area contributed by atoms with E-state index in [-0.39, 0.29) is 34.8 Å². The molecule has 2 saturated heterocycles. The van der Waals surface area contributed by atoms with E-state index in [0.29, 0.717) is 12.1 Å². The molecule has 0 bridgehead atoms. The molecular weight excluding hydrogens is 374 g/mol. The van der Waals surface area contributed by atoms with Crippen molar-refractivity contribution in [3.8, 4) is 0 Å². The van der Waals surface area contributed by atoms with Gasteiger partial charge in [0.1, 0.15) is 0 Å². The molecular formula is C17H21N3O4S2. The minimum atomic E-state index is -2.94. The Morgan fingerprint density at radius 3 is 2.77 bits per heavy atom. The maximum atomic E-state index is 12.2. The van der Waals surface area contributed by atoms with Crippen LogP contribution >= 0.6 is 11.8 Å². The van der Waals surface area contributed by atoms with Crippen LogP contribution in [-0.4, -0.2) is 61.5 Å². The molecule has 3 heterocycles. The zero-order chi connectivity index (χ0) is 18.1. The smallest absolute Gasteiger partial charge is 0.251 e. The summed E-state index contributed by atoms with van der Waals surface area (Å²) in [6.45, 7) is 1.31. The average molecular weight is 396 g/mol. The van der Waals surface area contributed by atoms with Crippen molar-refractivity contribution in [2.45, 2.75) is 30.2 Å².